The topological polar surface area (TPSA) is 22.0 Å². The maximum absolute atomic E-state index is 11.4. The van der Waals surface area contributed by atoms with Gasteiger partial charge in [-0.1, -0.05) is 30.3 Å². The molecule has 2 nitrogen and oxygen atoms in total. The van der Waals surface area contributed by atoms with Gasteiger partial charge >= 0.3 is 0 Å². The summed E-state index contributed by atoms with van der Waals surface area (Å²) in [5.74, 6) is 0.340. The highest BCUT2D eigenvalue weighted by Gasteiger charge is 2.21. The highest BCUT2D eigenvalue weighted by molar-refractivity contribution is 5.87. The lowest BCUT2D eigenvalue weighted by Gasteiger charge is -2.06. The van der Waals surface area contributed by atoms with Crippen molar-refractivity contribution in [2.75, 3.05) is 0 Å². The number of rotatable bonds is 2. The number of ketones is 1. The molecule has 0 aliphatic heterocycles. The summed E-state index contributed by atoms with van der Waals surface area (Å²) in [5.41, 5.74) is 3.69. The van der Waals surface area contributed by atoms with Crippen molar-refractivity contribution >= 4 is 5.78 Å². The molecular weight excluding hydrogens is 198 g/mol. The van der Waals surface area contributed by atoms with E-state index in [2.05, 4.69) is 29.0 Å². The van der Waals surface area contributed by atoms with E-state index >= 15 is 0 Å². The van der Waals surface area contributed by atoms with Gasteiger partial charge in [0.2, 0.25) is 0 Å². The van der Waals surface area contributed by atoms with E-state index in [1.165, 1.54) is 16.8 Å². The minimum Gasteiger partial charge on any atom is -0.346 e. The standard InChI is InChI=1S/C14H13NO/c16-13-8-12-6-7-15(14(12)9-13)10-11-4-2-1-3-5-11/h1-7H,8-10H2. The summed E-state index contributed by atoms with van der Waals surface area (Å²) in [5, 5.41) is 0. The third kappa shape index (κ3) is 1.56. The summed E-state index contributed by atoms with van der Waals surface area (Å²) in [6.45, 7) is 0.865. The normalized spacial score (nSPS) is 14.1. The molecule has 2 aromatic rings. The first-order valence-corrected chi connectivity index (χ1v) is 5.55. The molecule has 0 N–H and O–H groups in total. The average Bonchev–Trinajstić information content (AvgIpc) is 2.81. The second kappa shape index (κ2) is 3.63. The zero-order valence-corrected chi connectivity index (χ0v) is 9.02. The van der Waals surface area contributed by atoms with Gasteiger partial charge in [-0.2, -0.15) is 0 Å². The molecule has 0 radical (unpaired) electrons. The van der Waals surface area contributed by atoms with Crippen molar-refractivity contribution in [1.82, 2.24) is 4.57 Å². The van der Waals surface area contributed by atoms with Gasteiger partial charge in [-0.3, -0.25) is 4.79 Å². The first-order chi connectivity index (χ1) is 7.83. The lowest BCUT2D eigenvalue weighted by atomic mass is 10.2. The molecule has 0 saturated heterocycles. The van der Waals surface area contributed by atoms with Gasteiger partial charge in [0.15, 0.2) is 0 Å². The molecule has 1 aliphatic rings. The fraction of sp³-hybridized carbons (Fsp3) is 0.214. The van der Waals surface area contributed by atoms with Crippen LogP contribution in [0.25, 0.3) is 0 Å². The molecule has 3 rings (SSSR count). The van der Waals surface area contributed by atoms with Crippen LogP contribution < -0.4 is 0 Å². The molecule has 0 amide bonds. The third-order valence-electron chi connectivity index (χ3n) is 3.12. The first kappa shape index (κ1) is 9.40. The predicted molar refractivity (Wildman–Crippen MR) is 62.4 cm³/mol. The Labute approximate surface area is 94.5 Å². The van der Waals surface area contributed by atoms with E-state index in [9.17, 15) is 4.79 Å². The minimum atomic E-state index is 0.340. The van der Waals surface area contributed by atoms with Crippen LogP contribution in [0.4, 0.5) is 0 Å². The molecule has 1 aromatic heterocycles. The van der Waals surface area contributed by atoms with Gasteiger partial charge in [-0.05, 0) is 17.2 Å². The van der Waals surface area contributed by atoms with Crippen molar-refractivity contribution in [2.24, 2.45) is 0 Å². The van der Waals surface area contributed by atoms with Crippen LogP contribution in [0.1, 0.15) is 16.8 Å². The molecule has 80 valence electrons. The van der Waals surface area contributed by atoms with Crippen molar-refractivity contribution < 1.29 is 4.79 Å². The summed E-state index contributed by atoms with van der Waals surface area (Å²) < 4.78 is 2.19. The van der Waals surface area contributed by atoms with Gasteiger partial charge in [-0.25, -0.2) is 0 Å². The Morgan fingerprint density at radius 1 is 1.06 bits per heavy atom. The van der Waals surface area contributed by atoms with Crippen molar-refractivity contribution in [3.05, 3.63) is 59.4 Å². The summed E-state index contributed by atoms with van der Waals surface area (Å²) in [4.78, 5) is 11.4. The van der Waals surface area contributed by atoms with E-state index in [4.69, 9.17) is 0 Å². The first-order valence-electron chi connectivity index (χ1n) is 5.55. The van der Waals surface area contributed by atoms with Crippen LogP contribution in [-0.4, -0.2) is 10.4 Å². The summed E-state index contributed by atoms with van der Waals surface area (Å²) in [6, 6.07) is 12.4. The molecule has 0 bridgehead atoms. The smallest absolute Gasteiger partial charge is 0.143 e. The Kier molecular flexibility index (Phi) is 2.13. The van der Waals surface area contributed by atoms with E-state index in [-0.39, 0.29) is 0 Å². The van der Waals surface area contributed by atoms with Crippen LogP contribution in [0, 0.1) is 0 Å². The van der Waals surface area contributed by atoms with Crippen LogP contribution in [0.2, 0.25) is 0 Å². The predicted octanol–water partition coefficient (Wildman–Crippen LogP) is 2.20. The van der Waals surface area contributed by atoms with E-state index in [1.807, 2.05) is 18.2 Å². The van der Waals surface area contributed by atoms with E-state index in [0.717, 1.165) is 6.54 Å². The number of fused-ring (bicyclic) bond motifs is 1. The fourth-order valence-corrected chi connectivity index (χ4v) is 2.32. The molecule has 1 heterocycles. The Hall–Kier alpha value is -1.83. The van der Waals surface area contributed by atoms with Crippen LogP contribution >= 0.6 is 0 Å². The van der Waals surface area contributed by atoms with Crippen molar-refractivity contribution in [3.8, 4) is 0 Å². The number of nitrogens with zero attached hydrogens (tertiary/aromatic N) is 1. The molecule has 0 saturated carbocycles. The minimum absolute atomic E-state index is 0.340. The summed E-state index contributed by atoms with van der Waals surface area (Å²) in [6.07, 6.45) is 3.32. The summed E-state index contributed by atoms with van der Waals surface area (Å²) >= 11 is 0. The van der Waals surface area contributed by atoms with Gasteiger partial charge < -0.3 is 4.57 Å². The maximum Gasteiger partial charge on any atom is 0.143 e. The molecule has 16 heavy (non-hydrogen) atoms. The van der Waals surface area contributed by atoms with Gasteiger partial charge in [-0.15, -0.1) is 0 Å². The zero-order valence-electron chi connectivity index (χ0n) is 9.02. The highest BCUT2D eigenvalue weighted by atomic mass is 16.1. The molecule has 0 fully saturated rings. The van der Waals surface area contributed by atoms with Crippen LogP contribution in [0.15, 0.2) is 42.6 Å². The average molecular weight is 211 g/mol. The van der Waals surface area contributed by atoms with Crippen LogP contribution in [0.3, 0.4) is 0 Å². The molecule has 1 aromatic carbocycles. The molecule has 0 unspecified atom stereocenters. The molecule has 2 heteroatoms. The van der Waals surface area contributed by atoms with Crippen LogP contribution in [0.5, 0.6) is 0 Å². The Morgan fingerprint density at radius 2 is 1.88 bits per heavy atom. The van der Waals surface area contributed by atoms with Crippen molar-refractivity contribution in [2.45, 2.75) is 19.4 Å². The third-order valence-corrected chi connectivity index (χ3v) is 3.12. The van der Waals surface area contributed by atoms with E-state index < -0.39 is 0 Å². The summed E-state index contributed by atoms with van der Waals surface area (Å²) in [7, 11) is 0. The lowest BCUT2D eigenvalue weighted by molar-refractivity contribution is -0.117. The largest absolute Gasteiger partial charge is 0.346 e. The van der Waals surface area contributed by atoms with Crippen molar-refractivity contribution in [3.63, 3.8) is 0 Å². The Bertz CT molecular complexity index is 525. The second-order valence-corrected chi connectivity index (χ2v) is 4.29. The number of Topliss-reactive ketones (excluding diaryl/α,β-unsaturated/α-hetero) is 1. The second-order valence-electron chi connectivity index (χ2n) is 4.29. The number of hydrogen-bond donors (Lipinski definition) is 0. The SMILES string of the molecule is O=C1Cc2ccn(Cc3ccccc3)c2C1. The van der Waals surface area contributed by atoms with Gasteiger partial charge in [0.1, 0.15) is 5.78 Å². The number of aromatic nitrogens is 1. The van der Waals surface area contributed by atoms with E-state index in [0.29, 0.717) is 18.6 Å². The maximum atomic E-state index is 11.4. The van der Waals surface area contributed by atoms with E-state index in [1.54, 1.807) is 0 Å². The van der Waals surface area contributed by atoms with Crippen LogP contribution in [-0.2, 0) is 24.2 Å². The molecule has 0 atom stereocenters. The number of benzene rings is 1. The monoisotopic (exact) mass is 211 g/mol. The zero-order chi connectivity index (χ0) is 11.0. The Balaban J connectivity index is 1.90. The quantitative estimate of drug-likeness (QED) is 0.746. The number of carbonyl (C=O) groups is 1. The van der Waals surface area contributed by atoms with Gasteiger partial charge in [0.05, 0.1) is 0 Å². The van der Waals surface area contributed by atoms with Gasteiger partial charge in [0.25, 0.3) is 0 Å². The van der Waals surface area contributed by atoms with Gasteiger partial charge in [0, 0.05) is 31.3 Å². The number of carbonyl (C=O) groups excluding carboxylic acids is 1. The number of hydrogen-bond acceptors (Lipinski definition) is 1. The fourth-order valence-electron chi connectivity index (χ4n) is 2.32. The van der Waals surface area contributed by atoms with Crippen molar-refractivity contribution in [1.29, 1.82) is 0 Å². The molecule has 1 aliphatic carbocycles. The molecular formula is C14H13NO. The highest BCUT2D eigenvalue weighted by Crippen LogP contribution is 2.21. The lowest BCUT2D eigenvalue weighted by Crippen LogP contribution is -2.04. The molecule has 0 spiro atoms. The Morgan fingerprint density at radius 3 is 2.69 bits per heavy atom.